The van der Waals surface area contributed by atoms with Crippen molar-refractivity contribution in [1.29, 1.82) is 0 Å². The van der Waals surface area contributed by atoms with Crippen molar-refractivity contribution in [2.75, 3.05) is 6.54 Å². The van der Waals surface area contributed by atoms with E-state index in [0.29, 0.717) is 6.42 Å². The van der Waals surface area contributed by atoms with Gasteiger partial charge in [0.2, 0.25) is 6.54 Å². The van der Waals surface area contributed by atoms with Crippen LogP contribution < -0.4 is 0 Å². The Labute approximate surface area is 52.2 Å². The fraction of sp³-hybridized carbons (Fsp3) is 1.00. The lowest BCUT2D eigenvalue weighted by Gasteiger charge is -1.96. The van der Waals surface area contributed by atoms with E-state index in [-0.39, 0.29) is 6.54 Å². The van der Waals surface area contributed by atoms with Crippen LogP contribution in [0.1, 0.15) is 13.3 Å². The molecule has 0 radical (unpaired) electrons. The first kappa shape index (κ1) is 8.00. The topological polar surface area (TPSA) is 72.6 Å². The SMILES string of the molecule is CCC(C[N+](=O)[O-])N=O. The van der Waals surface area contributed by atoms with Crippen LogP contribution in [0.5, 0.6) is 0 Å². The molecule has 0 aromatic heterocycles. The summed E-state index contributed by atoms with van der Waals surface area (Å²) in [6.07, 6.45) is 0.435. The molecular weight excluding hydrogens is 124 g/mol. The Kier molecular flexibility index (Phi) is 3.50. The first-order chi connectivity index (χ1) is 4.20. The molecule has 0 saturated carbocycles. The smallest absolute Gasteiger partial charge is 0.229 e. The highest BCUT2D eigenvalue weighted by Crippen LogP contribution is 1.95. The van der Waals surface area contributed by atoms with Gasteiger partial charge in [0.15, 0.2) is 6.04 Å². The summed E-state index contributed by atoms with van der Waals surface area (Å²) in [7, 11) is 0. The van der Waals surface area contributed by atoms with Gasteiger partial charge in [-0.15, -0.1) is 0 Å². The van der Waals surface area contributed by atoms with Crippen molar-refractivity contribution in [3.05, 3.63) is 15.0 Å². The molecule has 0 aromatic carbocycles. The van der Waals surface area contributed by atoms with Crippen LogP contribution in [0, 0.1) is 15.0 Å². The van der Waals surface area contributed by atoms with E-state index in [0.717, 1.165) is 0 Å². The van der Waals surface area contributed by atoms with Gasteiger partial charge in [-0.05, 0) is 6.42 Å². The van der Waals surface area contributed by atoms with E-state index in [1.807, 2.05) is 0 Å². The highest BCUT2D eigenvalue weighted by Gasteiger charge is 2.11. The Morgan fingerprint density at radius 1 is 1.78 bits per heavy atom. The molecule has 0 amide bonds. The molecule has 0 spiro atoms. The monoisotopic (exact) mass is 132 g/mol. The molecule has 0 N–H and O–H groups in total. The summed E-state index contributed by atoms with van der Waals surface area (Å²) < 4.78 is 0. The molecule has 0 fully saturated rings. The highest BCUT2D eigenvalue weighted by atomic mass is 16.6. The van der Waals surface area contributed by atoms with Crippen molar-refractivity contribution in [1.82, 2.24) is 0 Å². The van der Waals surface area contributed by atoms with Crippen LogP contribution >= 0.6 is 0 Å². The van der Waals surface area contributed by atoms with E-state index in [2.05, 4.69) is 5.18 Å². The number of nitrogens with zero attached hydrogens (tertiary/aromatic N) is 2. The summed E-state index contributed by atoms with van der Waals surface area (Å²) in [4.78, 5) is 18.9. The van der Waals surface area contributed by atoms with E-state index >= 15 is 0 Å². The van der Waals surface area contributed by atoms with Gasteiger partial charge in [0.1, 0.15) is 0 Å². The standard InChI is InChI=1S/C4H8N2O3/c1-2-4(5-7)3-6(8)9/h4H,2-3H2,1H3. The van der Waals surface area contributed by atoms with E-state index in [9.17, 15) is 15.0 Å². The van der Waals surface area contributed by atoms with Gasteiger partial charge in [0.25, 0.3) is 0 Å². The molecule has 0 aromatic rings. The van der Waals surface area contributed by atoms with E-state index in [1.54, 1.807) is 6.92 Å². The lowest BCUT2D eigenvalue weighted by molar-refractivity contribution is -0.482. The van der Waals surface area contributed by atoms with Crippen LogP contribution in [0.25, 0.3) is 0 Å². The molecule has 0 bridgehead atoms. The maximum Gasteiger partial charge on any atom is 0.229 e. The Morgan fingerprint density at radius 3 is 2.44 bits per heavy atom. The van der Waals surface area contributed by atoms with Crippen LogP contribution in [0.15, 0.2) is 5.18 Å². The number of nitroso groups, excluding NO2 is 1. The molecule has 0 aliphatic heterocycles. The summed E-state index contributed by atoms with van der Waals surface area (Å²) in [5.74, 6) is 0. The van der Waals surface area contributed by atoms with E-state index in [1.165, 1.54) is 0 Å². The number of hydrogen-bond donors (Lipinski definition) is 0. The molecule has 1 atom stereocenters. The maximum absolute atomic E-state index is 9.73. The Hall–Kier alpha value is -1.00. The van der Waals surface area contributed by atoms with Crippen molar-refractivity contribution in [3.8, 4) is 0 Å². The normalized spacial score (nSPS) is 12.6. The minimum atomic E-state index is -0.653. The summed E-state index contributed by atoms with van der Waals surface area (Å²) >= 11 is 0. The van der Waals surface area contributed by atoms with Gasteiger partial charge in [0.05, 0.1) is 0 Å². The summed E-state index contributed by atoms with van der Waals surface area (Å²) in [6, 6.07) is -0.653. The van der Waals surface area contributed by atoms with Crippen LogP contribution in [-0.4, -0.2) is 17.5 Å². The maximum atomic E-state index is 9.73. The first-order valence-corrected chi connectivity index (χ1v) is 2.65. The van der Waals surface area contributed by atoms with Crippen LogP contribution in [0.3, 0.4) is 0 Å². The molecule has 5 nitrogen and oxygen atoms in total. The van der Waals surface area contributed by atoms with Gasteiger partial charge >= 0.3 is 0 Å². The lowest BCUT2D eigenvalue weighted by atomic mass is 10.2. The van der Waals surface area contributed by atoms with Crippen molar-refractivity contribution < 1.29 is 4.92 Å². The molecule has 0 rings (SSSR count). The first-order valence-electron chi connectivity index (χ1n) is 2.65. The van der Waals surface area contributed by atoms with Crippen LogP contribution in [0.4, 0.5) is 0 Å². The zero-order chi connectivity index (χ0) is 7.28. The van der Waals surface area contributed by atoms with Crippen molar-refractivity contribution >= 4 is 0 Å². The third-order valence-corrected chi connectivity index (χ3v) is 0.980. The molecular formula is C4H8N2O3. The van der Waals surface area contributed by atoms with Gasteiger partial charge in [0, 0.05) is 4.92 Å². The Bertz CT molecular complexity index is 114. The lowest BCUT2D eigenvalue weighted by Crippen LogP contribution is -2.15. The van der Waals surface area contributed by atoms with Crippen LogP contribution in [0.2, 0.25) is 0 Å². The molecule has 0 aliphatic rings. The van der Waals surface area contributed by atoms with Crippen molar-refractivity contribution in [2.45, 2.75) is 19.4 Å². The minimum absolute atomic E-state index is 0.347. The average Bonchev–Trinajstić information content (AvgIpc) is 1.82. The zero-order valence-electron chi connectivity index (χ0n) is 5.11. The molecule has 5 heteroatoms. The van der Waals surface area contributed by atoms with Crippen molar-refractivity contribution in [2.24, 2.45) is 5.18 Å². The van der Waals surface area contributed by atoms with E-state index in [4.69, 9.17) is 0 Å². The fourth-order valence-electron chi connectivity index (χ4n) is 0.409. The third-order valence-electron chi connectivity index (χ3n) is 0.980. The molecule has 0 saturated heterocycles. The number of rotatable bonds is 4. The summed E-state index contributed by atoms with van der Waals surface area (Å²) in [5, 5.41) is 12.3. The largest absolute Gasteiger partial charge is 0.264 e. The van der Waals surface area contributed by atoms with Crippen molar-refractivity contribution in [3.63, 3.8) is 0 Å². The number of nitro groups is 1. The quantitative estimate of drug-likeness (QED) is 0.322. The predicted molar refractivity (Wildman–Crippen MR) is 31.7 cm³/mol. The second-order valence-corrected chi connectivity index (χ2v) is 1.68. The highest BCUT2D eigenvalue weighted by molar-refractivity contribution is 4.59. The van der Waals surface area contributed by atoms with Crippen LogP contribution in [-0.2, 0) is 0 Å². The Balaban J connectivity index is 3.55. The minimum Gasteiger partial charge on any atom is -0.264 e. The molecule has 0 aliphatic carbocycles. The zero-order valence-corrected chi connectivity index (χ0v) is 5.11. The second-order valence-electron chi connectivity index (χ2n) is 1.68. The van der Waals surface area contributed by atoms with Gasteiger partial charge in [-0.3, -0.25) is 10.1 Å². The fourth-order valence-corrected chi connectivity index (χ4v) is 0.409. The van der Waals surface area contributed by atoms with E-state index < -0.39 is 11.0 Å². The van der Waals surface area contributed by atoms with Gasteiger partial charge in [-0.1, -0.05) is 12.1 Å². The Morgan fingerprint density at radius 2 is 2.33 bits per heavy atom. The molecule has 1 unspecified atom stereocenters. The third kappa shape index (κ3) is 3.57. The van der Waals surface area contributed by atoms with Gasteiger partial charge in [-0.2, -0.15) is 4.91 Å². The van der Waals surface area contributed by atoms with Gasteiger partial charge in [-0.25, -0.2) is 0 Å². The molecule has 0 heterocycles. The predicted octanol–water partition coefficient (Wildman–Crippen LogP) is 0.808. The second kappa shape index (κ2) is 3.94. The number of hydrogen-bond acceptors (Lipinski definition) is 4. The average molecular weight is 132 g/mol. The summed E-state index contributed by atoms with van der Waals surface area (Å²) in [5.41, 5.74) is 0. The molecule has 52 valence electrons. The molecule has 9 heavy (non-hydrogen) atoms. The summed E-state index contributed by atoms with van der Waals surface area (Å²) in [6.45, 7) is 1.34. The van der Waals surface area contributed by atoms with Gasteiger partial charge < -0.3 is 0 Å².